The molecule has 0 bridgehead atoms. The molecule has 0 unspecified atom stereocenters. The van der Waals surface area contributed by atoms with Crippen molar-refractivity contribution in [1.29, 1.82) is 0 Å². The molecule has 3 aromatic rings. The summed E-state index contributed by atoms with van der Waals surface area (Å²) >= 11 is 3.66. The molecule has 3 rings (SSSR count). The molecule has 0 aliphatic heterocycles. The first-order chi connectivity index (χ1) is 6.34. The van der Waals surface area contributed by atoms with Crippen LogP contribution in [0.25, 0.3) is 20.2 Å². The predicted octanol–water partition coefficient (Wildman–Crippen LogP) is 4.42. The molecule has 0 nitrogen and oxygen atoms in total. The highest BCUT2D eigenvalue weighted by atomic mass is 32.1. The van der Waals surface area contributed by atoms with E-state index in [0.29, 0.717) is 0 Å². The van der Waals surface area contributed by atoms with Crippen LogP contribution in [0.5, 0.6) is 0 Å². The summed E-state index contributed by atoms with van der Waals surface area (Å²) in [4.78, 5) is 0. The maximum atomic E-state index is 2.31. The number of fused-ring (bicyclic) bond motifs is 2. The van der Waals surface area contributed by atoms with Gasteiger partial charge >= 0.3 is 0 Å². The van der Waals surface area contributed by atoms with Crippen LogP contribution in [-0.4, -0.2) is 0 Å². The molecule has 0 aliphatic carbocycles. The zero-order valence-electron chi connectivity index (χ0n) is 7.20. The third-order valence-corrected chi connectivity index (χ3v) is 4.28. The van der Waals surface area contributed by atoms with Crippen molar-refractivity contribution >= 4 is 42.8 Å². The van der Waals surface area contributed by atoms with Crippen LogP contribution in [0.3, 0.4) is 0 Å². The van der Waals surface area contributed by atoms with Crippen molar-refractivity contribution in [2.45, 2.75) is 6.92 Å². The van der Waals surface area contributed by atoms with Crippen molar-refractivity contribution in [2.75, 3.05) is 0 Å². The van der Waals surface area contributed by atoms with Gasteiger partial charge in [0, 0.05) is 9.40 Å². The van der Waals surface area contributed by atoms with E-state index in [-0.39, 0.29) is 0 Å². The third kappa shape index (κ3) is 1.02. The van der Waals surface area contributed by atoms with Crippen molar-refractivity contribution in [3.63, 3.8) is 0 Å². The molecule has 0 aliphatic rings. The van der Waals surface area contributed by atoms with Gasteiger partial charge in [0.25, 0.3) is 0 Å². The van der Waals surface area contributed by atoms with Gasteiger partial charge in [-0.25, -0.2) is 0 Å². The summed E-state index contributed by atoms with van der Waals surface area (Å²) < 4.78 is 2.80. The Morgan fingerprint density at radius 2 is 2.00 bits per heavy atom. The molecule has 13 heavy (non-hydrogen) atoms. The molecule has 0 N–H and O–H groups in total. The van der Waals surface area contributed by atoms with Crippen molar-refractivity contribution in [3.05, 3.63) is 34.5 Å². The summed E-state index contributed by atoms with van der Waals surface area (Å²) in [5.74, 6) is 0. The highest BCUT2D eigenvalue weighted by Gasteiger charge is 2.02. The first-order valence-electron chi connectivity index (χ1n) is 4.20. The Morgan fingerprint density at radius 3 is 2.92 bits per heavy atom. The number of aryl methyl sites for hydroxylation is 1. The minimum Gasteiger partial charge on any atom is -0.144 e. The number of benzene rings is 1. The van der Waals surface area contributed by atoms with Crippen LogP contribution in [0.1, 0.15) is 5.56 Å². The Morgan fingerprint density at radius 1 is 1.08 bits per heavy atom. The first kappa shape index (κ1) is 7.54. The van der Waals surface area contributed by atoms with Crippen LogP contribution in [-0.2, 0) is 0 Å². The van der Waals surface area contributed by atoms with Gasteiger partial charge in [-0.1, -0.05) is 0 Å². The first-order valence-corrected chi connectivity index (χ1v) is 5.95. The van der Waals surface area contributed by atoms with Crippen LogP contribution < -0.4 is 0 Å². The zero-order valence-corrected chi connectivity index (χ0v) is 8.84. The Labute approximate surface area is 84.4 Å². The molecule has 0 radical (unpaired) electrons. The number of thiophene rings is 2. The average Bonchev–Trinajstić information content (AvgIpc) is 2.70. The highest BCUT2D eigenvalue weighted by molar-refractivity contribution is 7.19. The quantitative estimate of drug-likeness (QED) is 0.508. The van der Waals surface area contributed by atoms with Crippen LogP contribution in [0.2, 0.25) is 0 Å². The van der Waals surface area contributed by atoms with Crippen LogP contribution >= 0.6 is 22.7 Å². The Bertz CT molecular complexity index is 572. The molecule has 64 valence electrons. The topological polar surface area (TPSA) is 0 Å². The summed E-state index contributed by atoms with van der Waals surface area (Å²) in [6.07, 6.45) is 0. The summed E-state index contributed by atoms with van der Waals surface area (Å²) in [7, 11) is 0. The SMILES string of the molecule is Cc1csc2cc3ccsc3cc12. The summed E-state index contributed by atoms with van der Waals surface area (Å²) in [6, 6.07) is 6.79. The van der Waals surface area contributed by atoms with Crippen molar-refractivity contribution in [3.8, 4) is 0 Å². The van der Waals surface area contributed by atoms with Gasteiger partial charge in [-0.3, -0.25) is 0 Å². The van der Waals surface area contributed by atoms with Crippen molar-refractivity contribution < 1.29 is 0 Å². The zero-order chi connectivity index (χ0) is 8.84. The molecule has 0 saturated carbocycles. The van der Waals surface area contributed by atoms with Crippen LogP contribution in [0, 0.1) is 6.92 Å². The summed E-state index contributed by atoms with van der Waals surface area (Å²) in [5.41, 5.74) is 1.40. The molecule has 0 saturated heterocycles. The number of hydrogen-bond acceptors (Lipinski definition) is 2. The maximum absolute atomic E-state index is 2.31. The van der Waals surface area contributed by atoms with E-state index in [1.54, 1.807) is 0 Å². The van der Waals surface area contributed by atoms with Gasteiger partial charge in [-0.05, 0) is 52.2 Å². The van der Waals surface area contributed by atoms with E-state index in [1.807, 2.05) is 22.7 Å². The minimum atomic E-state index is 1.37. The smallest absolute Gasteiger partial charge is 0.0352 e. The van der Waals surface area contributed by atoms with Gasteiger partial charge < -0.3 is 0 Å². The molecule has 2 heteroatoms. The fourth-order valence-electron chi connectivity index (χ4n) is 1.61. The minimum absolute atomic E-state index is 1.37. The molecule has 0 amide bonds. The van der Waals surface area contributed by atoms with E-state index in [0.717, 1.165) is 0 Å². The lowest BCUT2D eigenvalue weighted by atomic mass is 10.1. The van der Waals surface area contributed by atoms with E-state index in [4.69, 9.17) is 0 Å². The number of hydrogen-bond donors (Lipinski definition) is 0. The average molecular weight is 204 g/mol. The molecule has 2 aromatic heterocycles. The Hall–Kier alpha value is -0.860. The third-order valence-electron chi connectivity index (χ3n) is 2.34. The Balaban J connectivity index is 2.59. The van der Waals surface area contributed by atoms with Gasteiger partial charge in [0.2, 0.25) is 0 Å². The molecule has 0 spiro atoms. The van der Waals surface area contributed by atoms with E-state index in [1.165, 1.54) is 25.7 Å². The molecule has 1 aromatic carbocycles. The van der Waals surface area contributed by atoms with E-state index in [9.17, 15) is 0 Å². The fourth-order valence-corrected chi connectivity index (χ4v) is 3.39. The second kappa shape index (κ2) is 2.56. The largest absolute Gasteiger partial charge is 0.144 e. The van der Waals surface area contributed by atoms with Crippen LogP contribution in [0.15, 0.2) is 29.0 Å². The van der Waals surface area contributed by atoms with Gasteiger partial charge in [-0.2, -0.15) is 0 Å². The lowest BCUT2D eigenvalue weighted by molar-refractivity contribution is 1.61. The van der Waals surface area contributed by atoms with Gasteiger partial charge in [0.05, 0.1) is 0 Å². The molecule has 2 heterocycles. The molecular formula is C11H8S2. The monoisotopic (exact) mass is 204 g/mol. The fraction of sp³-hybridized carbons (Fsp3) is 0.0909. The highest BCUT2D eigenvalue weighted by Crippen LogP contribution is 2.32. The molecular weight excluding hydrogens is 196 g/mol. The van der Waals surface area contributed by atoms with E-state index in [2.05, 4.69) is 35.9 Å². The maximum Gasteiger partial charge on any atom is 0.0352 e. The summed E-state index contributed by atoms with van der Waals surface area (Å²) in [6.45, 7) is 2.18. The molecule has 0 fully saturated rings. The standard InChI is InChI=1S/C11H8S2/c1-7-6-13-11-4-8-2-3-12-10(8)5-9(7)11/h2-6H,1H3. The van der Waals surface area contributed by atoms with Gasteiger partial charge in [0.15, 0.2) is 0 Å². The van der Waals surface area contributed by atoms with E-state index < -0.39 is 0 Å². The van der Waals surface area contributed by atoms with Crippen molar-refractivity contribution in [2.24, 2.45) is 0 Å². The van der Waals surface area contributed by atoms with E-state index >= 15 is 0 Å². The van der Waals surface area contributed by atoms with Gasteiger partial charge in [0.1, 0.15) is 0 Å². The predicted molar refractivity (Wildman–Crippen MR) is 61.9 cm³/mol. The normalized spacial score (nSPS) is 11.5. The molecule has 0 atom stereocenters. The lowest BCUT2D eigenvalue weighted by Crippen LogP contribution is -1.66. The number of rotatable bonds is 0. The second-order valence-corrected chi connectivity index (χ2v) is 5.08. The lowest BCUT2D eigenvalue weighted by Gasteiger charge is -1.92. The summed E-state index contributed by atoms with van der Waals surface area (Å²) in [5, 5.41) is 7.18. The van der Waals surface area contributed by atoms with Crippen molar-refractivity contribution in [1.82, 2.24) is 0 Å². The second-order valence-electron chi connectivity index (χ2n) is 3.23. The van der Waals surface area contributed by atoms with Crippen LogP contribution in [0.4, 0.5) is 0 Å². The Kier molecular flexibility index (Phi) is 1.49. The van der Waals surface area contributed by atoms with Gasteiger partial charge in [-0.15, -0.1) is 22.7 Å².